The Bertz CT molecular complexity index is 425. The Morgan fingerprint density at radius 1 is 1.47 bits per heavy atom. The third-order valence-corrected chi connectivity index (χ3v) is 3.51. The molecule has 1 N–H and O–H groups in total. The van der Waals surface area contributed by atoms with Crippen molar-refractivity contribution in [1.82, 2.24) is 0 Å². The monoisotopic (exact) mass is 291 g/mol. The summed E-state index contributed by atoms with van der Waals surface area (Å²) in [6.07, 6.45) is 1.02. The van der Waals surface area contributed by atoms with E-state index in [9.17, 15) is 8.78 Å². The normalized spacial score (nSPS) is 20.6. The number of halogens is 3. The Kier molecular flexibility index (Phi) is 4.82. The summed E-state index contributed by atoms with van der Waals surface area (Å²) >= 11 is 5.89. The molecule has 0 aliphatic carbocycles. The summed E-state index contributed by atoms with van der Waals surface area (Å²) in [6.45, 7) is 0.732. The van der Waals surface area contributed by atoms with Crippen molar-refractivity contribution >= 4 is 17.3 Å². The lowest BCUT2D eigenvalue weighted by Gasteiger charge is -2.21. The number of alkyl halides is 2. The lowest BCUT2D eigenvalue weighted by atomic mass is 10.0. The maximum Gasteiger partial charge on any atom is 0.387 e. The zero-order valence-corrected chi connectivity index (χ0v) is 11.3. The van der Waals surface area contributed by atoms with Crippen LogP contribution in [0.15, 0.2) is 18.2 Å². The molecule has 6 heteroatoms. The van der Waals surface area contributed by atoms with Crippen molar-refractivity contribution in [3.05, 3.63) is 23.2 Å². The largest absolute Gasteiger partial charge is 0.433 e. The molecule has 0 saturated carbocycles. The van der Waals surface area contributed by atoms with Crippen molar-refractivity contribution in [3.63, 3.8) is 0 Å². The van der Waals surface area contributed by atoms with Crippen LogP contribution in [0.2, 0.25) is 5.02 Å². The molecule has 1 aromatic carbocycles. The Morgan fingerprint density at radius 3 is 2.84 bits per heavy atom. The fourth-order valence-electron chi connectivity index (χ4n) is 2.11. The smallest absolute Gasteiger partial charge is 0.387 e. The summed E-state index contributed by atoms with van der Waals surface area (Å²) in [5, 5.41) is 3.46. The van der Waals surface area contributed by atoms with E-state index < -0.39 is 6.61 Å². The highest BCUT2D eigenvalue weighted by Crippen LogP contribution is 2.30. The van der Waals surface area contributed by atoms with E-state index in [2.05, 4.69) is 17.0 Å². The predicted octanol–water partition coefficient (Wildman–Crippen LogP) is 3.78. The minimum atomic E-state index is -2.87. The molecule has 0 aromatic heterocycles. The Hall–Kier alpha value is -1.07. The van der Waals surface area contributed by atoms with Crippen LogP contribution in [0, 0.1) is 5.92 Å². The summed E-state index contributed by atoms with van der Waals surface area (Å²) in [5.74, 6) is 0.440. The standard InChI is InChI=1S/C13H16ClF2NO2/c1-8(9-4-5-18-7-9)17-10-2-3-12(11(14)6-10)19-13(15)16/h2-3,6,8-9,13,17H,4-5,7H2,1H3. The van der Waals surface area contributed by atoms with Gasteiger partial charge in [-0.15, -0.1) is 0 Å². The van der Waals surface area contributed by atoms with Crippen LogP contribution in [0.1, 0.15) is 13.3 Å². The number of anilines is 1. The molecule has 2 rings (SSSR count). The third kappa shape index (κ3) is 3.94. The lowest BCUT2D eigenvalue weighted by Crippen LogP contribution is -2.26. The molecule has 0 spiro atoms. The highest BCUT2D eigenvalue weighted by atomic mass is 35.5. The van der Waals surface area contributed by atoms with Crippen molar-refractivity contribution in [2.75, 3.05) is 18.5 Å². The highest BCUT2D eigenvalue weighted by molar-refractivity contribution is 6.32. The van der Waals surface area contributed by atoms with Crippen molar-refractivity contribution in [2.24, 2.45) is 5.92 Å². The second kappa shape index (κ2) is 6.39. The summed E-state index contributed by atoms with van der Waals surface area (Å²) < 4.78 is 33.8. The summed E-state index contributed by atoms with van der Waals surface area (Å²) in [6, 6.07) is 4.94. The molecule has 3 nitrogen and oxygen atoms in total. The van der Waals surface area contributed by atoms with Crippen LogP contribution < -0.4 is 10.1 Å². The lowest BCUT2D eigenvalue weighted by molar-refractivity contribution is -0.0497. The van der Waals surface area contributed by atoms with Crippen molar-refractivity contribution < 1.29 is 18.3 Å². The van der Waals surface area contributed by atoms with E-state index in [1.165, 1.54) is 6.07 Å². The van der Waals surface area contributed by atoms with Crippen LogP contribution in [0.25, 0.3) is 0 Å². The maximum absolute atomic E-state index is 12.1. The average molecular weight is 292 g/mol. The third-order valence-electron chi connectivity index (χ3n) is 3.21. The molecule has 1 aromatic rings. The van der Waals surface area contributed by atoms with E-state index in [1.807, 2.05) is 0 Å². The number of ether oxygens (including phenoxy) is 2. The minimum Gasteiger partial charge on any atom is -0.433 e. The molecule has 0 amide bonds. The van der Waals surface area contributed by atoms with Crippen molar-refractivity contribution in [3.8, 4) is 5.75 Å². The quantitative estimate of drug-likeness (QED) is 0.895. The van der Waals surface area contributed by atoms with Crippen molar-refractivity contribution in [1.29, 1.82) is 0 Å². The van der Waals surface area contributed by atoms with E-state index in [4.69, 9.17) is 16.3 Å². The van der Waals surface area contributed by atoms with Crippen molar-refractivity contribution in [2.45, 2.75) is 26.0 Å². The van der Waals surface area contributed by atoms with Crippen LogP contribution in [0.3, 0.4) is 0 Å². The molecule has 0 radical (unpaired) electrons. The predicted molar refractivity (Wildman–Crippen MR) is 70.1 cm³/mol. The zero-order valence-electron chi connectivity index (χ0n) is 10.5. The molecular formula is C13H16ClF2NO2. The number of benzene rings is 1. The molecule has 1 saturated heterocycles. The first kappa shape index (κ1) is 14.3. The Balaban J connectivity index is 1.99. The molecule has 1 aliphatic rings. The van der Waals surface area contributed by atoms with Crippen LogP contribution in [-0.2, 0) is 4.74 Å². The number of hydrogen-bond donors (Lipinski definition) is 1. The zero-order chi connectivity index (χ0) is 13.8. The highest BCUT2D eigenvalue weighted by Gasteiger charge is 2.22. The Morgan fingerprint density at radius 2 is 2.26 bits per heavy atom. The molecule has 19 heavy (non-hydrogen) atoms. The van der Waals surface area contributed by atoms with Gasteiger partial charge < -0.3 is 14.8 Å². The first-order chi connectivity index (χ1) is 9.06. The molecule has 2 unspecified atom stereocenters. The SMILES string of the molecule is CC(Nc1ccc(OC(F)F)c(Cl)c1)C1CCOC1. The molecule has 2 atom stereocenters. The fraction of sp³-hybridized carbons (Fsp3) is 0.538. The second-order valence-electron chi connectivity index (χ2n) is 4.58. The number of rotatable bonds is 5. The van der Waals surface area contributed by atoms with Gasteiger partial charge in [0.1, 0.15) is 5.75 Å². The second-order valence-corrected chi connectivity index (χ2v) is 4.99. The van der Waals surface area contributed by atoms with Gasteiger partial charge in [0.2, 0.25) is 0 Å². The van der Waals surface area contributed by atoms with Gasteiger partial charge in [-0.1, -0.05) is 11.6 Å². The fourth-order valence-corrected chi connectivity index (χ4v) is 2.34. The summed E-state index contributed by atoms with van der Waals surface area (Å²) in [5.41, 5.74) is 0.783. The van der Waals surface area contributed by atoms with Gasteiger partial charge in [-0.05, 0) is 31.5 Å². The topological polar surface area (TPSA) is 30.5 Å². The first-order valence-corrected chi connectivity index (χ1v) is 6.52. The molecule has 1 aliphatic heterocycles. The number of nitrogens with one attached hydrogen (secondary N) is 1. The van der Waals surface area contributed by atoms with E-state index in [1.54, 1.807) is 12.1 Å². The van der Waals surface area contributed by atoms with Gasteiger partial charge in [0, 0.05) is 24.3 Å². The maximum atomic E-state index is 12.1. The molecule has 1 fully saturated rings. The minimum absolute atomic E-state index is 0.0148. The molecule has 106 valence electrons. The van der Waals surface area contributed by atoms with Crippen LogP contribution >= 0.6 is 11.6 Å². The van der Waals surface area contributed by atoms with E-state index >= 15 is 0 Å². The number of hydrogen-bond acceptors (Lipinski definition) is 3. The van der Waals surface area contributed by atoms with E-state index in [0.29, 0.717) is 5.92 Å². The van der Waals surface area contributed by atoms with Gasteiger partial charge in [-0.3, -0.25) is 0 Å². The molecule has 0 bridgehead atoms. The van der Waals surface area contributed by atoms with Crippen LogP contribution in [0.5, 0.6) is 5.75 Å². The van der Waals surface area contributed by atoms with Gasteiger partial charge in [0.25, 0.3) is 0 Å². The van der Waals surface area contributed by atoms with Gasteiger partial charge in [0.15, 0.2) is 0 Å². The summed E-state index contributed by atoms with van der Waals surface area (Å²) in [4.78, 5) is 0. The first-order valence-electron chi connectivity index (χ1n) is 6.15. The van der Waals surface area contributed by atoms with Crippen LogP contribution in [-0.4, -0.2) is 25.9 Å². The van der Waals surface area contributed by atoms with E-state index in [-0.39, 0.29) is 16.8 Å². The summed E-state index contributed by atoms with van der Waals surface area (Å²) in [7, 11) is 0. The van der Waals surface area contributed by atoms with Gasteiger partial charge in [0.05, 0.1) is 11.6 Å². The van der Waals surface area contributed by atoms with Gasteiger partial charge in [-0.25, -0.2) is 0 Å². The van der Waals surface area contributed by atoms with E-state index in [0.717, 1.165) is 25.3 Å². The van der Waals surface area contributed by atoms with Crippen LogP contribution in [0.4, 0.5) is 14.5 Å². The van der Waals surface area contributed by atoms with Gasteiger partial charge >= 0.3 is 6.61 Å². The average Bonchev–Trinajstić information content (AvgIpc) is 2.86. The molecule has 1 heterocycles. The van der Waals surface area contributed by atoms with Gasteiger partial charge in [-0.2, -0.15) is 8.78 Å². The Labute approximate surface area is 115 Å². The molecular weight excluding hydrogens is 276 g/mol.